The van der Waals surface area contributed by atoms with E-state index < -0.39 is 0 Å². The highest BCUT2D eigenvalue weighted by atomic mass is 16.7. The van der Waals surface area contributed by atoms with Crippen molar-refractivity contribution in [2.24, 2.45) is 5.92 Å². The molecule has 1 saturated carbocycles. The number of nitrogens with zero attached hydrogens (tertiary/aromatic N) is 1. The van der Waals surface area contributed by atoms with Crippen LogP contribution in [0.1, 0.15) is 49.7 Å². The van der Waals surface area contributed by atoms with Crippen molar-refractivity contribution in [1.29, 1.82) is 0 Å². The van der Waals surface area contributed by atoms with Gasteiger partial charge in [-0.1, -0.05) is 37.5 Å². The molecule has 0 saturated heterocycles. The zero-order valence-electron chi connectivity index (χ0n) is 17.1. The molecule has 0 N–H and O–H groups in total. The Balaban J connectivity index is 1.37. The summed E-state index contributed by atoms with van der Waals surface area (Å²) in [6, 6.07) is 11.7. The summed E-state index contributed by atoms with van der Waals surface area (Å²) in [6.07, 6.45) is 6.67. The van der Waals surface area contributed by atoms with Gasteiger partial charge >= 0.3 is 0 Å². The van der Waals surface area contributed by atoms with Gasteiger partial charge in [0.15, 0.2) is 23.0 Å². The van der Waals surface area contributed by atoms with Gasteiger partial charge in [-0.05, 0) is 42.5 Å². The van der Waals surface area contributed by atoms with Crippen LogP contribution in [0.3, 0.4) is 0 Å². The number of fused-ring (bicyclic) bond motifs is 2. The average Bonchev–Trinajstić information content (AvgIpc) is 3.43. The van der Waals surface area contributed by atoms with E-state index in [-0.39, 0.29) is 19.5 Å². The summed E-state index contributed by atoms with van der Waals surface area (Å²) in [5.41, 5.74) is 2.00. The number of carbonyl (C=O) groups is 1. The molecule has 1 fully saturated rings. The first-order valence-corrected chi connectivity index (χ1v) is 10.8. The van der Waals surface area contributed by atoms with E-state index in [2.05, 4.69) is 0 Å². The molecule has 158 valence electrons. The number of benzene rings is 2. The third-order valence-electron chi connectivity index (χ3n) is 6.19. The lowest BCUT2D eigenvalue weighted by molar-refractivity contribution is -0.133. The van der Waals surface area contributed by atoms with Gasteiger partial charge in [0, 0.05) is 25.1 Å². The van der Waals surface area contributed by atoms with E-state index in [1.807, 2.05) is 41.3 Å². The lowest BCUT2D eigenvalue weighted by Gasteiger charge is -2.27. The molecule has 2 aromatic carbocycles. The molecular weight excluding hydrogens is 382 g/mol. The van der Waals surface area contributed by atoms with Gasteiger partial charge in [0.25, 0.3) is 0 Å². The normalized spacial score (nSPS) is 17.2. The summed E-state index contributed by atoms with van der Waals surface area (Å²) >= 11 is 0. The van der Waals surface area contributed by atoms with Gasteiger partial charge in [-0.2, -0.15) is 0 Å². The number of para-hydroxylation sites is 1. The first kappa shape index (κ1) is 19.1. The second kappa shape index (κ2) is 8.46. The zero-order valence-corrected chi connectivity index (χ0v) is 17.1. The number of carbonyl (C=O) groups excluding carboxylic acids is 1. The van der Waals surface area contributed by atoms with Crippen molar-refractivity contribution >= 4 is 5.91 Å². The molecule has 0 unspecified atom stereocenters. The van der Waals surface area contributed by atoms with E-state index in [0.717, 1.165) is 47.0 Å². The van der Waals surface area contributed by atoms with Gasteiger partial charge in [-0.25, -0.2) is 0 Å². The molecule has 1 amide bonds. The minimum absolute atomic E-state index is 0.191. The van der Waals surface area contributed by atoms with Gasteiger partial charge in [-0.15, -0.1) is 0 Å². The molecule has 3 aliphatic rings. The fraction of sp³-hybridized carbons (Fsp3) is 0.458. The molecule has 6 heteroatoms. The third kappa shape index (κ3) is 4.04. The van der Waals surface area contributed by atoms with Crippen LogP contribution in [0.15, 0.2) is 36.4 Å². The van der Waals surface area contributed by atoms with Crippen molar-refractivity contribution in [2.75, 3.05) is 13.6 Å². The maximum Gasteiger partial charge on any atom is 0.231 e. The van der Waals surface area contributed by atoms with Gasteiger partial charge in [0.2, 0.25) is 19.5 Å². The molecule has 2 aliphatic heterocycles. The fourth-order valence-electron chi connectivity index (χ4n) is 4.58. The van der Waals surface area contributed by atoms with Crippen molar-refractivity contribution in [3.63, 3.8) is 0 Å². The Kier molecular flexibility index (Phi) is 5.39. The molecule has 0 atom stereocenters. The van der Waals surface area contributed by atoms with Crippen molar-refractivity contribution < 1.29 is 23.7 Å². The molecule has 30 heavy (non-hydrogen) atoms. The van der Waals surface area contributed by atoms with Crippen molar-refractivity contribution in [3.8, 4) is 23.0 Å². The Morgan fingerprint density at radius 2 is 1.67 bits per heavy atom. The highest BCUT2D eigenvalue weighted by molar-refractivity contribution is 5.76. The van der Waals surface area contributed by atoms with Gasteiger partial charge in [-0.3, -0.25) is 4.79 Å². The Morgan fingerprint density at radius 1 is 0.867 bits per heavy atom. The standard InChI is InChI=1S/C24H27NO5/c26-23(12-17-5-2-1-3-6-17)25(13-18-9-10-20-22(11-18)29-15-27-20)14-19-7-4-8-21-24(19)30-16-28-21/h4,7-11,17H,1-3,5-6,12-16H2. The Bertz CT molecular complexity index is 922. The summed E-state index contributed by atoms with van der Waals surface area (Å²) < 4.78 is 22.1. The van der Waals surface area contributed by atoms with Crippen LogP contribution in [0.4, 0.5) is 0 Å². The van der Waals surface area contributed by atoms with Crippen LogP contribution in [0.5, 0.6) is 23.0 Å². The SMILES string of the molecule is O=C(CC1CCCCC1)N(Cc1ccc2c(c1)OCO2)Cc1cccc2c1OCO2. The Labute approximate surface area is 176 Å². The average molecular weight is 409 g/mol. The fourth-order valence-corrected chi connectivity index (χ4v) is 4.58. The third-order valence-corrected chi connectivity index (χ3v) is 6.19. The molecule has 5 rings (SSSR count). The second-order valence-corrected chi connectivity index (χ2v) is 8.30. The van der Waals surface area contributed by atoms with E-state index in [4.69, 9.17) is 18.9 Å². The van der Waals surface area contributed by atoms with E-state index in [0.29, 0.717) is 25.4 Å². The van der Waals surface area contributed by atoms with Crippen LogP contribution in [0.2, 0.25) is 0 Å². The van der Waals surface area contributed by atoms with E-state index in [9.17, 15) is 4.79 Å². The highest BCUT2D eigenvalue weighted by Gasteiger charge is 2.25. The summed E-state index contributed by atoms with van der Waals surface area (Å²) in [4.78, 5) is 15.3. The van der Waals surface area contributed by atoms with Gasteiger partial charge in [0.05, 0.1) is 0 Å². The monoisotopic (exact) mass is 409 g/mol. The smallest absolute Gasteiger partial charge is 0.231 e. The van der Waals surface area contributed by atoms with E-state index in [1.54, 1.807) is 0 Å². The molecule has 1 aliphatic carbocycles. The van der Waals surface area contributed by atoms with Crippen molar-refractivity contribution in [1.82, 2.24) is 4.90 Å². The highest BCUT2D eigenvalue weighted by Crippen LogP contribution is 2.37. The van der Waals surface area contributed by atoms with Crippen LogP contribution in [0.25, 0.3) is 0 Å². The lowest BCUT2D eigenvalue weighted by atomic mass is 9.86. The quantitative estimate of drug-likeness (QED) is 0.696. The largest absolute Gasteiger partial charge is 0.454 e. The van der Waals surface area contributed by atoms with E-state index in [1.165, 1.54) is 19.3 Å². The number of hydrogen-bond acceptors (Lipinski definition) is 5. The minimum atomic E-state index is 0.191. The first-order valence-electron chi connectivity index (χ1n) is 10.8. The lowest BCUT2D eigenvalue weighted by Crippen LogP contribution is -2.32. The molecule has 2 aromatic rings. The summed E-state index contributed by atoms with van der Waals surface area (Å²) in [7, 11) is 0. The number of amides is 1. The second-order valence-electron chi connectivity index (χ2n) is 8.30. The van der Waals surface area contributed by atoms with Crippen molar-refractivity contribution in [2.45, 2.75) is 51.6 Å². The van der Waals surface area contributed by atoms with Crippen LogP contribution >= 0.6 is 0 Å². The van der Waals surface area contributed by atoms with Crippen LogP contribution in [-0.2, 0) is 17.9 Å². The van der Waals surface area contributed by atoms with Crippen molar-refractivity contribution in [3.05, 3.63) is 47.5 Å². The first-order chi connectivity index (χ1) is 14.8. The number of ether oxygens (including phenoxy) is 4. The predicted molar refractivity (Wildman–Crippen MR) is 111 cm³/mol. The molecule has 0 bridgehead atoms. The van der Waals surface area contributed by atoms with Crippen LogP contribution < -0.4 is 18.9 Å². The molecule has 0 aromatic heterocycles. The van der Waals surface area contributed by atoms with E-state index >= 15 is 0 Å². The predicted octanol–water partition coefficient (Wildman–Crippen LogP) is 4.64. The maximum atomic E-state index is 13.4. The Hall–Kier alpha value is -2.89. The molecule has 6 nitrogen and oxygen atoms in total. The minimum Gasteiger partial charge on any atom is -0.454 e. The van der Waals surface area contributed by atoms with Gasteiger partial charge < -0.3 is 23.8 Å². The zero-order chi connectivity index (χ0) is 20.3. The molecular formula is C24H27NO5. The summed E-state index contributed by atoms with van der Waals surface area (Å²) in [5, 5.41) is 0. The van der Waals surface area contributed by atoms with Crippen LogP contribution in [0, 0.1) is 5.92 Å². The van der Waals surface area contributed by atoms with Gasteiger partial charge in [0.1, 0.15) is 0 Å². The molecule has 0 radical (unpaired) electrons. The Morgan fingerprint density at radius 3 is 2.57 bits per heavy atom. The maximum absolute atomic E-state index is 13.4. The van der Waals surface area contributed by atoms with Crippen LogP contribution in [-0.4, -0.2) is 24.4 Å². The summed E-state index contributed by atoms with van der Waals surface area (Å²) in [6.45, 7) is 1.49. The number of rotatable bonds is 6. The number of hydrogen-bond donors (Lipinski definition) is 0. The topological polar surface area (TPSA) is 57.2 Å². The molecule has 2 heterocycles. The summed E-state index contributed by atoms with van der Waals surface area (Å²) in [5.74, 6) is 3.67. The molecule has 0 spiro atoms.